The molecule has 3 heteroatoms. The summed E-state index contributed by atoms with van der Waals surface area (Å²) in [5.74, 6) is -0.197. The summed E-state index contributed by atoms with van der Waals surface area (Å²) in [6.45, 7) is 2.94. The highest BCUT2D eigenvalue weighted by Gasteiger charge is 2.06. The van der Waals surface area contributed by atoms with E-state index in [2.05, 4.69) is 36.4 Å². The van der Waals surface area contributed by atoms with Crippen LogP contribution in [-0.2, 0) is 6.54 Å². The molecule has 0 aliphatic rings. The molecule has 0 saturated heterocycles. The first kappa shape index (κ1) is 14.5. The molecule has 0 saturated carbocycles. The number of benzene rings is 2. The van der Waals surface area contributed by atoms with E-state index >= 15 is 0 Å². The van der Waals surface area contributed by atoms with Gasteiger partial charge in [0.2, 0.25) is 0 Å². The molecular formula is C17H21FN2. The molecule has 20 heavy (non-hydrogen) atoms. The summed E-state index contributed by atoms with van der Waals surface area (Å²) >= 11 is 0. The minimum Gasteiger partial charge on any atom is -0.379 e. The van der Waals surface area contributed by atoms with Crippen molar-refractivity contribution in [3.8, 4) is 0 Å². The molecule has 1 unspecified atom stereocenters. The van der Waals surface area contributed by atoms with E-state index in [1.165, 1.54) is 11.6 Å². The fourth-order valence-electron chi connectivity index (χ4n) is 2.23. The topological polar surface area (TPSA) is 15.3 Å². The molecule has 0 amide bonds. The van der Waals surface area contributed by atoms with E-state index in [9.17, 15) is 4.39 Å². The molecular weight excluding hydrogens is 251 g/mol. The summed E-state index contributed by atoms with van der Waals surface area (Å²) in [5, 5.41) is 3.41. The summed E-state index contributed by atoms with van der Waals surface area (Å²) in [6.07, 6.45) is 0. The fourth-order valence-corrected chi connectivity index (χ4v) is 2.23. The first-order chi connectivity index (χ1) is 9.54. The largest absolute Gasteiger partial charge is 0.379 e. The molecule has 2 nitrogen and oxygen atoms in total. The molecule has 0 bridgehead atoms. The molecule has 1 N–H and O–H groups in total. The zero-order valence-corrected chi connectivity index (χ0v) is 12.2. The highest BCUT2D eigenvalue weighted by Crippen LogP contribution is 2.21. The third-order valence-corrected chi connectivity index (χ3v) is 3.16. The highest BCUT2D eigenvalue weighted by molar-refractivity contribution is 5.47. The second-order valence-corrected chi connectivity index (χ2v) is 5.36. The third kappa shape index (κ3) is 4.07. The fraction of sp³-hybridized carbons (Fsp3) is 0.294. The second kappa shape index (κ2) is 6.53. The molecule has 2 aromatic rings. The molecule has 2 aromatic carbocycles. The smallest absolute Gasteiger partial charge is 0.123 e. The minimum absolute atomic E-state index is 0.0697. The Labute approximate surface area is 120 Å². The van der Waals surface area contributed by atoms with E-state index in [1.807, 2.05) is 25.1 Å². The SMILES string of the molecule is CC(Nc1cccc(CN(C)C)c1)c1cccc(F)c1. The highest BCUT2D eigenvalue weighted by atomic mass is 19.1. The lowest BCUT2D eigenvalue weighted by Crippen LogP contribution is -2.11. The van der Waals surface area contributed by atoms with Crippen LogP contribution in [0.1, 0.15) is 24.1 Å². The Hall–Kier alpha value is -1.87. The van der Waals surface area contributed by atoms with Crippen molar-refractivity contribution in [2.75, 3.05) is 19.4 Å². The summed E-state index contributed by atoms with van der Waals surface area (Å²) < 4.78 is 13.2. The van der Waals surface area contributed by atoms with Crippen molar-refractivity contribution < 1.29 is 4.39 Å². The van der Waals surface area contributed by atoms with Crippen LogP contribution in [0, 0.1) is 5.82 Å². The van der Waals surface area contributed by atoms with Crippen LogP contribution in [0.3, 0.4) is 0 Å². The van der Waals surface area contributed by atoms with Gasteiger partial charge in [0.05, 0.1) is 0 Å². The maximum Gasteiger partial charge on any atom is 0.123 e. The van der Waals surface area contributed by atoms with E-state index in [0.717, 1.165) is 17.8 Å². The van der Waals surface area contributed by atoms with Gasteiger partial charge in [-0.3, -0.25) is 0 Å². The maximum absolute atomic E-state index is 13.2. The van der Waals surface area contributed by atoms with Crippen LogP contribution in [0.2, 0.25) is 0 Å². The van der Waals surface area contributed by atoms with Gasteiger partial charge in [-0.05, 0) is 56.4 Å². The number of hydrogen-bond donors (Lipinski definition) is 1. The average Bonchev–Trinajstić information content (AvgIpc) is 2.38. The van der Waals surface area contributed by atoms with Crippen LogP contribution < -0.4 is 5.32 Å². The Bertz CT molecular complexity index is 566. The van der Waals surface area contributed by atoms with Crippen molar-refractivity contribution in [2.45, 2.75) is 19.5 Å². The van der Waals surface area contributed by atoms with E-state index in [4.69, 9.17) is 0 Å². The van der Waals surface area contributed by atoms with Crippen molar-refractivity contribution in [1.29, 1.82) is 0 Å². The lowest BCUT2D eigenvalue weighted by atomic mass is 10.1. The Morgan fingerprint density at radius 2 is 1.85 bits per heavy atom. The van der Waals surface area contributed by atoms with Crippen molar-refractivity contribution in [1.82, 2.24) is 4.90 Å². The standard InChI is InChI=1S/C17H21FN2/c1-13(15-7-5-8-16(18)11-15)19-17-9-4-6-14(10-17)12-20(2)3/h4-11,13,19H,12H2,1-3H3. The Kier molecular flexibility index (Phi) is 4.74. The quantitative estimate of drug-likeness (QED) is 0.883. The van der Waals surface area contributed by atoms with Gasteiger partial charge in [-0.15, -0.1) is 0 Å². The minimum atomic E-state index is -0.197. The predicted molar refractivity (Wildman–Crippen MR) is 82.3 cm³/mol. The third-order valence-electron chi connectivity index (χ3n) is 3.16. The van der Waals surface area contributed by atoms with Crippen molar-refractivity contribution in [2.24, 2.45) is 0 Å². The van der Waals surface area contributed by atoms with E-state index in [1.54, 1.807) is 12.1 Å². The van der Waals surface area contributed by atoms with E-state index < -0.39 is 0 Å². The van der Waals surface area contributed by atoms with Crippen molar-refractivity contribution in [3.05, 3.63) is 65.5 Å². The van der Waals surface area contributed by atoms with Crippen LogP contribution >= 0.6 is 0 Å². The van der Waals surface area contributed by atoms with Gasteiger partial charge in [-0.1, -0.05) is 24.3 Å². The van der Waals surface area contributed by atoms with Gasteiger partial charge in [-0.25, -0.2) is 4.39 Å². The Balaban J connectivity index is 2.09. The zero-order chi connectivity index (χ0) is 14.5. The van der Waals surface area contributed by atoms with Crippen LogP contribution in [0.15, 0.2) is 48.5 Å². The van der Waals surface area contributed by atoms with Gasteiger partial charge < -0.3 is 10.2 Å². The summed E-state index contributed by atoms with van der Waals surface area (Å²) in [5.41, 5.74) is 3.26. The van der Waals surface area contributed by atoms with Gasteiger partial charge in [0, 0.05) is 18.3 Å². The molecule has 0 heterocycles. The van der Waals surface area contributed by atoms with Gasteiger partial charge >= 0.3 is 0 Å². The molecule has 0 radical (unpaired) electrons. The van der Waals surface area contributed by atoms with E-state index in [0.29, 0.717) is 0 Å². The lowest BCUT2D eigenvalue weighted by Gasteiger charge is -2.17. The van der Waals surface area contributed by atoms with Crippen LogP contribution in [0.4, 0.5) is 10.1 Å². The molecule has 0 aliphatic carbocycles. The number of hydrogen-bond acceptors (Lipinski definition) is 2. The second-order valence-electron chi connectivity index (χ2n) is 5.36. The zero-order valence-electron chi connectivity index (χ0n) is 12.2. The normalized spacial score (nSPS) is 12.4. The molecule has 0 aliphatic heterocycles. The summed E-state index contributed by atoms with van der Waals surface area (Å²) in [4.78, 5) is 2.13. The van der Waals surface area contributed by atoms with Crippen LogP contribution in [0.5, 0.6) is 0 Å². The number of anilines is 1. The number of nitrogens with zero attached hydrogens (tertiary/aromatic N) is 1. The Morgan fingerprint density at radius 3 is 2.55 bits per heavy atom. The van der Waals surface area contributed by atoms with Crippen molar-refractivity contribution >= 4 is 5.69 Å². The summed E-state index contributed by atoms with van der Waals surface area (Å²) in [6, 6.07) is 15.1. The lowest BCUT2D eigenvalue weighted by molar-refractivity contribution is 0.402. The molecule has 2 rings (SSSR count). The van der Waals surface area contributed by atoms with Gasteiger partial charge in [0.1, 0.15) is 5.82 Å². The van der Waals surface area contributed by atoms with Crippen molar-refractivity contribution in [3.63, 3.8) is 0 Å². The first-order valence-corrected chi connectivity index (χ1v) is 6.80. The maximum atomic E-state index is 13.2. The monoisotopic (exact) mass is 272 g/mol. The molecule has 1 atom stereocenters. The van der Waals surface area contributed by atoms with Crippen LogP contribution in [0.25, 0.3) is 0 Å². The molecule has 0 spiro atoms. The van der Waals surface area contributed by atoms with Gasteiger partial charge in [0.15, 0.2) is 0 Å². The summed E-state index contributed by atoms with van der Waals surface area (Å²) in [7, 11) is 4.10. The average molecular weight is 272 g/mol. The molecule has 106 valence electrons. The predicted octanol–water partition coefficient (Wildman–Crippen LogP) is 4.06. The number of nitrogens with one attached hydrogen (secondary N) is 1. The number of rotatable bonds is 5. The molecule has 0 fully saturated rings. The number of halogens is 1. The Morgan fingerprint density at radius 1 is 1.10 bits per heavy atom. The molecule has 0 aromatic heterocycles. The van der Waals surface area contributed by atoms with Gasteiger partial charge in [0.25, 0.3) is 0 Å². The first-order valence-electron chi connectivity index (χ1n) is 6.80. The van der Waals surface area contributed by atoms with Crippen LogP contribution in [-0.4, -0.2) is 19.0 Å². The van der Waals surface area contributed by atoms with E-state index in [-0.39, 0.29) is 11.9 Å². The van der Waals surface area contributed by atoms with Gasteiger partial charge in [-0.2, -0.15) is 0 Å².